The third-order valence-electron chi connectivity index (χ3n) is 5.64. The highest BCUT2D eigenvalue weighted by atomic mass is 35.5. The first-order chi connectivity index (χ1) is 14.2. The summed E-state index contributed by atoms with van der Waals surface area (Å²) in [7, 11) is 0. The van der Waals surface area contributed by atoms with Gasteiger partial charge in [0, 0.05) is 36.9 Å². The zero-order valence-electron chi connectivity index (χ0n) is 16.1. The summed E-state index contributed by atoms with van der Waals surface area (Å²) < 4.78 is 2.13. The van der Waals surface area contributed by atoms with Crippen molar-refractivity contribution in [2.24, 2.45) is 0 Å². The third kappa shape index (κ3) is 2.97. The first-order valence-electron chi connectivity index (χ1n) is 9.72. The van der Waals surface area contributed by atoms with E-state index >= 15 is 0 Å². The van der Waals surface area contributed by atoms with Gasteiger partial charge in [-0.05, 0) is 48.9 Å². The Morgan fingerprint density at radius 2 is 1.72 bits per heavy atom. The fourth-order valence-electron chi connectivity index (χ4n) is 4.17. The van der Waals surface area contributed by atoms with Crippen LogP contribution < -0.4 is 9.80 Å². The van der Waals surface area contributed by atoms with Crippen molar-refractivity contribution in [3.8, 4) is 6.07 Å². The molecule has 0 radical (unpaired) electrons. The normalized spacial score (nSPS) is 14.5. The second-order valence-corrected chi connectivity index (χ2v) is 7.82. The topological polar surface area (TPSA) is 47.6 Å². The van der Waals surface area contributed by atoms with Crippen LogP contribution in [0.5, 0.6) is 0 Å². The van der Waals surface area contributed by atoms with Gasteiger partial charge in [0.25, 0.3) is 0 Å². The van der Waals surface area contributed by atoms with Gasteiger partial charge in [0.05, 0.1) is 16.6 Å². The number of hydrogen-bond acceptors (Lipinski definition) is 4. The summed E-state index contributed by atoms with van der Waals surface area (Å²) in [5, 5.41) is 10.5. The van der Waals surface area contributed by atoms with Crippen molar-refractivity contribution >= 4 is 39.8 Å². The number of fused-ring (bicyclic) bond motifs is 3. The summed E-state index contributed by atoms with van der Waals surface area (Å²) in [6.45, 7) is 5.59. The molecule has 0 saturated carbocycles. The van der Waals surface area contributed by atoms with Gasteiger partial charge < -0.3 is 9.80 Å². The van der Waals surface area contributed by atoms with Crippen LogP contribution in [0.25, 0.3) is 16.7 Å². The second kappa shape index (κ2) is 6.98. The first kappa shape index (κ1) is 17.8. The Morgan fingerprint density at radius 3 is 2.48 bits per heavy atom. The third-order valence-corrected chi connectivity index (χ3v) is 5.88. The lowest BCUT2D eigenvalue weighted by Gasteiger charge is -2.37. The van der Waals surface area contributed by atoms with Gasteiger partial charge in [-0.3, -0.25) is 4.40 Å². The van der Waals surface area contributed by atoms with Gasteiger partial charge >= 0.3 is 0 Å². The fraction of sp³-hybridized carbons (Fsp3) is 0.217. The zero-order chi connectivity index (χ0) is 20.0. The number of pyridine rings is 1. The van der Waals surface area contributed by atoms with Gasteiger partial charge in [0.15, 0.2) is 5.65 Å². The molecule has 4 aromatic rings. The van der Waals surface area contributed by atoms with Crippen LogP contribution in [0.2, 0.25) is 5.02 Å². The number of para-hydroxylation sites is 2. The number of benzene rings is 2. The van der Waals surface area contributed by atoms with Crippen molar-refractivity contribution in [2.75, 3.05) is 36.0 Å². The molecule has 0 aliphatic carbocycles. The van der Waals surface area contributed by atoms with E-state index in [-0.39, 0.29) is 0 Å². The average molecular weight is 402 g/mol. The van der Waals surface area contributed by atoms with Crippen LogP contribution in [-0.2, 0) is 0 Å². The molecular weight excluding hydrogens is 382 g/mol. The Labute approximate surface area is 174 Å². The van der Waals surface area contributed by atoms with Gasteiger partial charge in [-0.15, -0.1) is 0 Å². The number of aryl methyl sites for hydroxylation is 1. The van der Waals surface area contributed by atoms with Gasteiger partial charge in [-0.2, -0.15) is 5.26 Å². The van der Waals surface area contributed by atoms with Crippen LogP contribution in [-0.4, -0.2) is 35.6 Å². The molecule has 0 unspecified atom stereocenters. The zero-order valence-corrected chi connectivity index (χ0v) is 16.9. The predicted octanol–water partition coefficient (Wildman–Crippen LogP) is 4.65. The molecule has 5 nitrogen and oxygen atoms in total. The van der Waals surface area contributed by atoms with Crippen molar-refractivity contribution in [3.05, 3.63) is 70.7 Å². The molecule has 0 atom stereocenters. The summed E-state index contributed by atoms with van der Waals surface area (Å²) in [4.78, 5) is 9.51. The highest BCUT2D eigenvalue weighted by molar-refractivity contribution is 6.30. The second-order valence-electron chi connectivity index (χ2n) is 7.39. The molecule has 1 fully saturated rings. The molecule has 1 aliphatic heterocycles. The molecular formula is C23H20ClN5. The van der Waals surface area contributed by atoms with Crippen LogP contribution in [0.15, 0.2) is 54.6 Å². The van der Waals surface area contributed by atoms with Crippen LogP contribution in [0.1, 0.15) is 11.1 Å². The maximum atomic E-state index is 9.69. The van der Waals surface area contributed by atoms with Crippen LogP contribution >= 0.6 is 11.6 Å². The highest BCUT2D eigenvalue weighted by Gasteiger charge is 2.22. The summed E-state index contributed by atoms with van der Waals surface area (Å²) in [6.07, 6.45) is 0. The van der Waals surface area contributed by atoms with E-state index in [2.05, 4.69) is 38.5 Å². The van der Waals surface area contributed by atoms with Crippen molar-refractivity contribution in [2.45, 2.75) is 6.92 Å². The van der Waals surface area contributed by atoms with Crippen LogP contribution in [0.3, 0.4) is 0 Å². The molecule has 5 rings (SSSR count). The number of imidazole rings is 1. The molecule has 0 N–H and O–H groups in total. The lowest BCUT2D eigenvalue weighted by Crippen LogP contribution is -2.47. The summed E-state index contributed by atoms with van der Waals surface area (Å²) in [6, 6.07) is 20.6. The van der Waals surface area contributed by atoms with Gasteiger partial charge in [0.2, 0.25) is 0 Å². The summed E-state index contributed by atoms with van der Waals surface area (Å²) >= 11 is 6.17. The number of piperazine rings is 1. The number of aromatic nitrogens is 2. The SMILES string of the molecule is Cc1cc(N2CCN(c3cccc(Cl)c3)CC2)n2c(nc3ccccc32)c1C#N. The summed E-state index contributed by atoms with van der Waals surface area (Å²) in [5.74, 6) is 1.09. The number of nitriles is 1. The molecule has 0 bridgehead atoms. The van der Waals surface area contributed by atoms with E-state index < -0.39 is 0 Å². The highest BCUT2D eigenvalue weighted by Crippen LogP contribution is 2.30. The molecule has 0 spiro atoms. The molecule has 1 saturated heterocycles. The number of hydrogen-bond donors (Lipinski definition) is 0. The largest absolute Gasteiger partial charge is 0.368 e. The maximum absolute atomic E-state index is 9.69. The first-order valence-corrected chi connectivity index (χ1v) is 10.1. The fourth-order valence-corrected chi connectivity index (χ4v) is 4.35. The minimum Gasteiger partial charge on any atom is -0.368 e. The van der Waals surface area contributed by atoms with E-state index in [0.717, 1.165) is 65.0 Å². The lowest BCUT2D eigenvalue weighted by atomic mass is 10.1. The quantitative estimate of drug-likeness (QED) is 0.490. The Morgan fingerprint density at radius 1 is 0.966 bits per heavy atom. The van der Waals surface area contributed by atoms with Crippen molar-refractivity contribution in [1.82, 2.24) is 9.38 Å². The van der Waals surface area contributed by atoms with E-state index in [9.17, 15) is 5.26 Å². The molecule has 29 heavy (non-hydrogen) atoms. The van der Waals surface area contributed by atoms with Gasteiger partial charge in [-0.1, -0.05) is 29.8 Å². The molecule has 2 aromatic carbocycles. The maximum Gasteiger partial charge on any atom is 0.157 e. The lowest BCUT2D eigenvalue weighted by molar-refractivity contribution is 0.645. The molecule has 3 heterocycles. The molecule has 6 heteroatoms. The monoisotopic (exact) mass is 401 g/mol. The standard InChI is InChI=1S/C23H20ClN5/c1-16-13-22(28-11-9-27(10-12-28)18-6-4-5-17(24)14-18)29-21-8-3-2-7-20(21)26-23(29)19(16)15-25/h2-8,13-14H,9-12H2,1H3. The van der Waals surface area contributed by atoms with Gasteiger partial charge in [0.1, 0.15) is 11.9 Å². The molecule has 2 aromatic heterocycles. The Bertz CT molecular complexity index is 1260. The number of rotatable bonds is 2. The number of anilines is 2. The smallest absolute Gasteiger partial charge is 0.157 e. The molecule has 144 valence electrons. The number of halogens is 1. The Hall–Kier alpha value is -3.23. The minimum absolute atomic E-state index is 0.641. The molecule has 1 aliphatic rings. The van der Waals surface area contributed by atoms with Crippen molar-refractivity contribution in [3.63, 3.8) is 0 Å². The number of nitrogens with zero attached hydrogens (tertiary/aromatic N) is 5. The Kier molecular flexibility index (Phi) is 4.30. The van der Waals surface area contributed by atoms with E-state index in [4.69, 9.17) is 16.6 Å². The predicted molar refractivity (Wildman–Crippen MR) is 118 cm³/mol. The van der Waals surface area contributed by atoms with Gasteiger partial charge in [-0.25, -0.2) is 4.98 Å². The summed E-state index contributed by atoms with van der Waals surface area (Å²) in [5.41, 5.74) is 5.44. The van der Waals surface area contributed by atoms with E-state index in [1.165, 1.54) is 0 Å². The van der Waals surface area contributed by atoms with E-state index in [0.29, 0.717) is 5.56 Å². The minimum atomic E-state index is 0.641. The van der Waals surface area contributed by atoms with Crippen LogP contribution in [0, 0.1) is 18.3 Å². The Balaban J connectivity index is 1.55. The van der Waals surface area contributed by atoms with E-state index in [1.807, 2.05) is 43.3 Å². The van der Waals surface area contributed by atoms with E-state index in [1.54, 1.807) is 0 Å². The van der Waals surface area contributed by atoms with Crippen molar-refractivity contribution in [1.29, 1.82) is 5.26 Å². The van der Waals surface area contributed by atoms with Crippen molar-refractivity contribution < 1.29 is 0 Å². The average Bonchev–Trinajstić information content (AvgIpc) is 3.12. The van der Waals surface area contributed by atoms with Crippen LogP contribution in [0.4, 0.5) is 11.5 Å². The molecule has 0 amide bonds.